The van der Waals surface area contributed by atoms with E-state index >= 15 is 0 Å². The molecule has 0 heterocycles. The van der Waals surface area contributed by atoms with Crippen molar-refractivity contribution < 1.29 is 63.2 Å². The molecule has 2 aromatic rings. The standard InChI is InChI=1S/C16H12F5N2S.Pr/c1-8(22-2)10-5-3-9(4-6-10)7-23-24-16-14(20)12(18)11(17)13(19)15(16)21;/h3-6,22H,1,7H2,2H3;/q-1;. The van der Waals surface area contributed by atoms with Crippen LogP contribution >= 0.6 is 11.9 Å². The Balaban J connectivity index is 0.00000312. The Morgan fingerprint density at radius 2 is 1.44 bits per heavy atom. The molecule has 2 nitrogen and oxygen atoms in total. The van der Waals surface area contributed by atoms with Gasteiger partial charge in [-0.3, -0.25) is 0 Å². The number of hydrogen-bond acceptors (Lipinski definition) is 2. The van der Waals surface area contributed by atoms with Crippen LogP contribution in [0.25, 0.3) is 10.4 Å². The summed E-state index contributed by atoms with van der Waals surface area (Å²) in [6.07, 6.45) is 0. The minimum Gasteiger partial charge on any atom is -0.598 e. The Hall–Kier alpha value is -0.696. The molecule has 131 valence electrons. The van der Waals surface area contributed by atoms with Crippen LogP contribution in [0, 0.1) is 70.4 Å². The predicted octanol–water partition coefficient (Wildman–Crippen LogP) is 5.15. The van der Waals surface area contributed by atoms with E-state index in [-0.39, 0.29) is 59.8 Å². The molecule has 0 atom stereocenters. The van der Waals surface area contributed by atoms with Crippen LogP contribution in [0.3, 0.4) is 0 Å². The Labute approximate surface area is 179 Å². The van der Waals surface area contributed by atoms with Gasteiger partial charge < -0.3 is 10.0 Å². The first kappa shape index (κ1) is 22.3. The first-order valence-electron chi connectivity index (χ1n) is 6.68. The second-order valence-electron chi connectivity index (χ2n) is 4.70. The van der Waals surface area contributed by atoms with Gasteiger partial charge in [-0.1, -0.05) is 36.4 Å². The summed E-state index contributed by atoms with van der Waals surface area (Å²) in [6.45, 7) is 3.83. The number of benzene rings is 2. The second kappa shape index (κ2) is 9.85. The van der Waals surface area contributed by atoms with Gasteiger partial charge in [0.05, 0.1) is 4.90 Å². The fourth-order valence-corrected chi connectivity index (χ4v) is 2.47. The minimum absolute atomic E-state index is 0. The van der Waals surface area contributed by atoms with E-state index in [4.69, 9.17) is 0 Å². The first-order chi connectivity index (χ1) is 11.4. The molecule has 25 heavy (non-hydrogen) atoms. The number of nitrogens with zero attached hydrogens (tertiary/aromatic N) is 1. The molecule has 0 unspecified atom stereocenters. The summed E-state index contributed by atoms with van der Waals surface area (Å²) in [5.74, 6) is -9.93. The van der Waals surface area contributed by atoms with Gasteiger partial charge >= 0.3 is 0 Å². The molecule has 0 saturated heterocycles. The largest absolute Gasteiger partial charge is 0.598 e. The summed E-state index contributed by atoms with van der Waals surface area (Å²) >= 11 is 0.219. The molecular formula is C16H12F5N2PrS-. The summed E-state index contributed by atoms with van der Waals surface area (Å²) in [4.78, 5) is -1.02. The van der Waals surface area contributed by atoms with E-state index in [0.29, 0.717) is 11.3 Å². The smallest absolute Gasteiger partial charge is 0.200 e. The van der Waals surface area contributed by atoms with Crippen molar-refractivity contribution in [2.75, 3.05) is 7.05 Å². The maximum absolute atomic E-state index is 13.5. The molecule has 0 fully saturated rings. The van der Waals surface area contributed by atoms with Crippen molar-refractivity contribution in [3.63, 3.8) is 0 Å². The van der Waals surface area contributed by atoms with E-state index in [0.717, 1.165) is 5.56 Å². The van der Waals surface area contributed by atoms with E-state index in [2.05, 4.69) is 16.6 Å². The van der Waals surface area contributed by atoms with Crippen LogP contribution < -0.4 is 5.32 Å². The molecule has 9 heteroatoms. The Morgan fingerprint density at radius 1 is 0.960 bits per heavy atom. The molecule has 0 bridgehead atoms. The molecule has 0 aliphatic carbocycles. The predicted molar refractivity (Wildman–Crippen MR) is 83.7 cm³/mol. The molecule has 0 spiro atoms. The zero-order valence-corrected chi connectivity index (χ0v) is 17.6. The fraction of sp³-hybridized carbons (Fsp3) is 0.125. The molecule has 1 N–H and O–H groups in total. The van der Waals surface area contributed by atoms with Crippen LogP contribution in [0.4, 0.5) is 22.0 Å². The molecule has 0 amide bonds. The number of rotatable bonds is 6. The molecule has 0 aliphatic rings. The molecule has 0 aromatic heterocycles. The van der Waals surface area contributed by atoms with Gasteiger partial charge in [-0.2, -0.15) is 0 Å². The zero-order valence-electron chi connectivity index (χ0n) is 13.0. The van der Waals surface area contributed by atoms with Gasteiger partial charge in [0.2, 0.25) is 5.82 Å². The van der Waals surface area contributed by atoms with Gasteiger partial charge in [0.25, 0.3) is 0 Å². The second-order valence-corrected chi connectivity index (χ2v) is 5.55. The summed E-state index contributed by atoms with van der Waals surface area (Å²) in [7, 11) is 1.73. The maximum Gasteiger partial charge on any atom is 0.200 e. The molecular weight excluding hydrogens is 488 g/mol. The van der Waals surface area contributed by atoms with Crippen LogP contribution in [0.2, 0.25) is 0 Å². The zero-order chi connectivity index (χ0) is 17.9. The topological polar surface area (TPSA) is 26.1 Å². The average molecular weight is 500 g/mol. The van der Waals surface area contributed by atoms with Crippen molar-refractivity contribution in [2.24, 2.45) is 0 Å². The number of hydrogen-bond donors (Lipinski definition) is 1. The third-order valence-corrected chi connectivity index (χ3v) is 3.98. The van der Waals surface area contributed by atoms with Crippen LogP contribution in [-0.2, 0) is 6.54 Å². The minimum atomic E-state index is -2.19. The number of halogens is 5. The SMILES string of the molecule is C=C(NC)c1ccc(C[N-]Sc2c(F)c(F)c(F)c(F)c2F)cc1.[Pr]. The van der Waals surface area contributed by atoms with Gasteiger partial charge in [0.1, 0.15) is 0 Å². The van der Waals surface area contributed by atoms with Gasteiger partial charge in [-0.05, 0) is 5.56 Å². The van der Waals surface area contributed by atoms with Crippen molar-refractivity contribution >= 4 is 17.6 Å². The summed E-state index contributed by atoms with van der Waals surface area (Å²) in [5.41, 5.74) is 2.28. The van der Waals surface area contributed by atoms with Crippen molar-refractivity contribution in [1.82, 2.24) is 5.32 Å². The van der Waals surface area contributed by atoms with Crippen molar-refractivity contribution in [3.8, 4) is 0 Å². The molecule has 2 rings (SSSR count). The third kappa shape index (κ3) is 5.15. The monoisotopic (exact) mass is 500 g/mol. The van der Waals surface area contributed by atoms with Crippen LogP contribution in [0.5, 0.6) is 0 Å². The third-order valence-electron chi connectivity index (χ3n) is 3.18. The van der Waals surface area contributed by atoms with Crippen LogP contribution in [0.1, 0.15) is 11.1 Å². The van der Waals surface area contributed by atoms with Crippen molar-refractivity contribution in [2.45, 2.75) is 11.4 Å². The quantitative estimate of drug-likeness (QED) is 0.257. The normalized spacial score (nSPS) is 10.3. The van der Waals surface area contributed by atoms with Gasteiger partial charge in [-0.15, -0.1) is 6.54 Å². The Bertz CT molecular complexity index is 739. The summed E-state index contributed by atoms with van der Waals surface area (Å²) in [6, 6.07) is 6.99. The summed E-state index contributed by atoms with van der Waals surface area (Å²) in [5, 5.41) is 2.89. The molecule has 1 radical (unpaired) electrons. The van der Waals surface area contributed by atoms with E-state index < -0.39 is 34.0 Å². The maximum atomic E-state index is 13.5. The van der Waals surface area contributed by atoms with E-state index in [1.54, 1.807) is 31.3 Å². The molecule has 2 aromatic carbocycles. The molecule has 0 aliphatic heterocycles. The fourth-order valence-electron chi connectivity index (χ4n) is 1.79. The van der Waals surface area contributed by atoms with Crippen molar-refractivity contribution in [3.05, 3.63) is 75.8 Å². The van der Waals surface area contributed by atoms with Crippen LogP contribution in [-0.4, -0.2) is 7.05 Å². The number of nitrogens with one attached hydrogen (secondary N) is 1. The van der Waals surface area contributed by atoms with Gasteiger partial charge in [0.15, 0.2) is 23.3 Å². The van der Waals surface area contributed by atoms with Gasteiger partial charge in [0, 0.05) is 54.0 Å². The first-order valence-corrected chi connectivity index (χ1v) is 7.45. The van der Waals surface area contributed by atoms with E-state index in [9.17, 15) is 22.0 Å². The average Bonchev–Trinajstić information content (AvgIpc) is 2.61. The Kier molecular flexibility index (Phi) is 8.81. The van der Waals surface area contributed by atoms with E-state index in [1.807, 2.05) is 0 Å². The molecule has 0 saturated carbocycles. The van der Waals surface area contributed by atoms with Crippen LogP contribution in [0.15, 0.2) is 35.7 Å². The van der Waals surface area contributed by atoms with Gasteiger partial charge in [-0.25, -0.2) is 33.9 Å². The van der Waals surface area contributed by atoms with Crippen molar-refractivity contribution in [1.29, 1.82) is 0 Å². The van der Waals surface area contributed by atoms with E-state index in [1.165, 1.54) is 0 Å². The summed E-state index contributed by atoms with van der Waals surface area (Å²) < 4.78 is 69.9. The Morgan fingerprint density at radius 3 is 1.92 bits per heavy atom.